The molecule has 0 aromatic heterocycles. The van der Waals surface area contributed by atoms with Crippen molar-refractivity contribution >= 4 is 17.4 Å². The molecule has 2 N–H and O–H groups in total. The summed E-state index contributed by atoms with van der Waals surface area (Å²) in [5, 5.41) is 0.739. The van der Waals surface area contributed by atoms with Crippen molar-refractivity contribution in [1.82, 2.24) is 0 Å². The number of rotatable bonds is 4. The average molecular weight is 225 g/mol. The summed E-state index contributed by atoms with van der Waals surface area (Å²) in [7, 11) is 0. The van der Waals surface area contributed by atoms with Gasteiger partial charge in [-0.1, -0.05) is 30.7 Å². The molecule has 0 aliphatic heterocycles. The van der Waals surface area contributed by atoms with Crippen LogP contribution in [0.2, 0.25) is 5.02 Å². The SMILES string of the molecule is CCCC(N)=NC(C)c1cccc(Cl)c1. The molecule has 0 fully saturated rings. The first-order chi connectivity index (χ1) is 7.13. The highest BCUT2D eigenvalue weighted by atomic mass is 35.5. The lowest BCUT2D eigenvalue weighted by atomic mass is 10.1. The van der Waals surface area contributed by atoms with Gasteiger partial charge in [0.1, 0.15) is 0 Å². The topological polar surface area (TPSA) is 38.4 Å². The molecule has 15 heavy (non-hydrogen) atoms. The van der Waals surface area contributed by atoms with Crippen molar-refractivity contribution in [2.45, 2.75) is 32.7 Å². The molecule has 0 heterocycles. The van der Waals surface area contributed by atoms with Crippen LogP contribution in [-0.2, 0) is 0 Å². The van der Waals surface area contributed by atoms with Crippen molar-refractivity contribution in [1.29, 1.82) is 0 Å². The second-order valence-corrected chi connectivity index (χ2v) is 4.04. The zero-order chi connectivity index (χ0) is 11.3. The quantitative estimate of drug-likeness (QED) is 0.617. The van der Waals surface area contributed by atoms with Crippen LogP contribution in [0.3, 0.4) is 0 Å². The first-order valence-electron chi connectivity index (χ1n) is 5.21. The van der Waals surface area contributed by atoms with Gasteiger partial charge in [0, 0.05) is 11.4 Å². The Kier molecular flexibility index (Phi) is 4.63. The van der Waals surface area contributed by atoms with Crippen LogP contribution >= 0.6 is 11.6 Å². The second kappa shape index (κ2) is 5.76. The lowest BCUT2D eigenvalue weighted by molar-refractivity contribution is 0.806. The van der Waals surface area contributed by atoms with Gasteiger partial charge in [-0.05, 0) is 31.0 Å². The minimum atomic E-state index is 0.0789. The van der Waals surface area contributed by atoms with Crippen molar-refractivity contribution < 1.29 is 0 Å². The fourth-order valence-corrected chi connectivity index (χ4v) is 1.61. The maximum Gasteiger partial charge on any atom is 0.0944 e. The molecule has 0 aliphatic rings. The standard InChI is InChI=1S/C12H17ClN2/c1-3-5-12(14)15-9(2)10-6-4-7-11(13)8-10/h4,6-9H,3,5H2,1-2H3,(H2,14,15). The van der Waals surface area contributed by atoms with Crippen molar-refractivity contribution in [3.63, 3.8) is 0 Å². The number of amidine groups is 1. The number of halogens is 1. The molecule has 0 amide bonds. The molecule has 3 heteroatoms. The predicted molar refractivity (Wildman–Crippen MR) is 66.4 cm³/mol. The summed E-state index contributed by atoms with van der Waals surface area (Å²) in [6.07, 6.45) is 1.88. The van der Waals surface area contributed by atoms with E-state index in [1.165, 1.54) is 0 Å². The third-order valence-electron chi connectivity index (χ3n) is 2.20. The Balaban J connectivity index is 2.76. The van der Waals surface area contributed by atoms with E-state index < -0.39 is 0 Å². The Bertz CT molecular complexity index is 347. The van der Waals surface area contributed by atoms with Gasteiger partial charge in [0.2, 0.25) is 0 Å². The van der Waals surface area contributed by atoms with Gasteiger partial charge < -0.3 is 5.73 Å². The summed E-state index contributed by atoms with van der Waals surface area (Å²) in [6.45, 7) is 4.11. The monoisotopic (exact) mass is 224 g/mol. The summed E-state index contributed by atoms with van der Waals surface area (Å²) in [5.41, 5.74) is 6.88. The Labute approximate surface area is 96.2 Å². The lowest BCUT2D eigenvalue weighted by Gasteiger charge is -2.08. The highest BCUT2D eigenvalue weighted by Crippen LogP contribution is 2.20. The summed E-state index contributed by atoms with van der Waals surface area (Å²) in [4.78, 5) is 4.41. The molecule has 0 bridgehead atoms. The predicted octanol–water partition coefficient (Wildman–Crippen LogP) is 3.56. The van der Waals surface area contributed by atoms with E-state index in [0.29, 0.717) is 5.84 Å². The van der Waals surface area contributed by atoms with E-state index in [1.54, 1.807) is 0 Å². The summed E-state index contributed by atoms with van der Waals surface area (Å²) in [5.74, 6) is 0.713. The van der Waals surface area contributed by atoms with Crippen LogP contribution in [0.25, 0.3) is 0 Å². The fraction of sp³-hybridized carbons (Fsp3) is 0.417. The number of nitrogens with two attached hydrogens (primary N) is 1. The first-order valence-corrected chi connectivity index (χ1v) is 5.59. The van der Waals surface area contributed by atoms with Crippen molar-refractivity contribution in [3.05, 3.63) is 34.9 Å². The lowest BCUT2D eigenvalue weighted by Crippen LogP contribution is -2.12. The number of benzene rings is 1. The average Bonchev–Trinajstić information content (AvgIpc) is 2.18. The van der Waals surface area contributed by atoms with E-state index in [2.05, 4.69) is 11.9 Å². The molecule has 1 aromatic rings. The largest absolute Gasteiger partial charge is 0.387 e. The molecule has 1 rings (SSSR count). The summed E-state index contributed by atoms with van der Waals surface area (Å²) in [6, 6.07) is 7.81. The van der Waals surface area contributed by atoms with Crippen LogP contribution in [0.4, 0.5) is 0 Å². The minimum Gasteiger partial charge on any atom is -0.387 e. The smallest absolute Gasteiger partial charge is 0.0944 e. The molecule has 0 radical (unpaired) electrons. The van der Waals surface area contributed by atoms with Crippen LogP contribution < -0.4 is 5.73 Å². The van der Waals surface area contributed by atoms with Crippen LogP contribution in [0, 0.1) is 0 Å². The van der Waals surface area contributed by atoms with Crippen LogP contribution in [0.1, 0.15) is 38.3 Å². The molecule has 82 valence electrons. The molecular formula is C12H17ClN2. The van der Waals surface area contributed by atoms with Gasteiger partial charge in [-0.15, -0.1) is 0 Å². The first kappa shape index (κ1) is 12.1. The van der Waals surface area contributed by atoms with Crippen molar-refractivity contribution in [3.8, 4) is 0 Å². The maximum absolute atomic E-state index is 5.91. The van der Waals surface area contributed by atoms with Crippen LogP contribution in [0.15, 0.2) is 29.3 Å². The van der Waals surface area contributed by atoms with E-state index in [4.69, 9.17) is 17.3 Å². The Morgan fingerprint density at radius 1 is 1.53 bits per heavy atom. The highest BCUT2D eigenvalue weighted by molar-refractivity contribution is 6.30. The number of nitrogens with zero attached hydrogens (tertiary/aromatic N) is 1. The van der Waals surface area contributed by atoms with E-state index >= 15 is 0 Å². The van der Waals surface area contributed by atoms with Gasteiger partial charge >= 0.3 is 0 Å². The molecular weight excluding hydrogens is 208 g/mol. The molecule has 1 atom stereocenters. The summed E-state index contributed by atoms with van der Waals surface area (Å²) >= 11 is 5.91. The molecule has 0 saturated heterocycles. The van der Waals surface area contributed by atoms with E-state index in [9.17, 15) is 0 Å². The van der Waals surface area contributed by atoms with Crippen LogP contribution in [0.5, 0.6) is 0 Å². The third-order valence-corrected chi connectivity index (χ3v) is 2.43. The van der Waals surface area contributed by atoms with E-state index in [0.717, 1.165) is 23.4 Å². The number of hydrogen-bond acceptors (Lipinski definition) is 1. The fourth-order valence-electron chi connectivity index (χ4n) is 1.41. The van der Waals surface area contributed by atoms with Crippen molar-refractivity contribution in [2.24, 2.45) is 10.7 Å². The zero-order valence-corrected chi connectivity index (χ0v) is 9.96. The summed E-state index contributed by atoms with van der Waals surface area (Å²) < 4.78 is 0. The van der Waals surface area contributed by atoms with Gasteiger partial charge in [-0.3, -0.25) is 4.99 Å². The Hall–Kier alpha value is -1.02. The van der Waals surface area contributed by atoms with Gasteiger partial charge in [-0.2, -0.15) is 0 Å². The molecule has 2 nitrogen and oxygen atoms in total. The van der Waals surface area contributed by atoms with Gasteiger partial charge in [0.05, 0.1) is 11.9 Å². The van der Waals surface area contributed by atoms with Gasteiger partial charge in [0.25, 0.3) is 0 Å². The van der Waals surface area contributed by atoms with E-state index in [-0.39, 0.29) is 6.04 Å². The van der Waals surface area contributed by atoms with Crippen molar-refractivity contribution in [2.75, 3.05) is 0 Å². The number of hydrogen-bond donors (Lipinski definition) is 1. The Morgan fingerprint density at radius 2 is 2.27 bits per heavy atom. The van der Waals surface area contributed by atoms with E-state index in [1.807, 2.05) is 31.2 Å². The molecule has 0 aliphatic carbocycles. The molecule has 0 saturated carbocycles. The molecule has 1 unspecified atom stereocenters. The second-order valence-electron chi connectivity index (χ2n) is 3.60. The highest BCUT2D eigenvalue weighted by Gasteiger charge is 2.04. The normalized spacial score (nSPS) is 13.9. The Morgan fingerprint density at radius 3 is 2.87 bits per heavy atom. The minimum absolute atomic E-state index is 0.0789. The van der Waals surface area contributed by atoms with Crippen LogP contribution in [-0.4, -0.2) is 5.84 Å². The van der Waals surface area contributed by atoms with Gasteiger partial charge in [-0.25, -0.2) is 0 Å². The zero-order valence-electron chi connectivity index (χ0n) is 9.20. The maximum atomic E-state index is 5.91. The number of aliphatic imine (C=N–C) groups is 1. The van der Waals surface area contributed by atoms with Gasteiger partial charge in [0.15, 0.2) is 0 Å². The molecule has 1 aromatic carbocycles. The molecule has 0 spiro atoms. The third kappa shape index (κ3) is 3.92.